The molecule has 0 aliphatic carbocycles. The van der Waals surface area contributed by atoms with Gasteiger partial charge >= 0.3 is 0 Å². The standard InChI is InChI=1S/C16H19Br2N3O3S/c1-4-21(5-2)25(23,24)12-9-15(20(3)10-12)16(22)19-14-7-6-11(17)8-13(14)18/h6-10H,4-5H2,1-3H3,(H,19,22). The molecule has 25 heavy (non-hydrogen) atoms. The third kappa shape index (κ3) is 4.33. The number of amides is 1. The smallest absolute Gasteiger partial charge is 0.272 e. The molecule has 2 aromatic rings. The van der Waals surface area contributed by atoms with Crippen molar-refractivity contribution in [3.63, 3.8) is 0 Å². The number of aryl methyl sites for hydroxylation is 1. The van der Waals surface area contributed by atoms with Crippen LogP contribution >= 0.6 is 31.9 Å². The number of benzene rings is 1. The van der Waals surface area contributed by atoms with Gasteiger partial charge in [-0.1, -0.05) is 29.8 Å². The lowest BCUT2D eigenvalue weighted by atomic mass is 10.3. The van der Waals surface area contributed by atoms with Gasteiger partial charge in [0.05, 0.1) is 5.69 Å². The zero-order chi connectivity index (χ0) is 18.8. The van der Waals surface area contributed by atoms with Gasteiger partial charge in [-0.25, -0.2) is 8.42 Å². The molecule has 0 saturated carbocycles. The molecule has 0 saturated heterocycles. The molecule has 6 nitrogen and oxygen atoms in total. The summed E-state index contributed by atoms with van der Waals surface area (Å²) in [5, 5.41) is 2.78. The zero-order valence-electron chi connectivity index (χ0n) is 14.1. The van der Waals surface area contributed by atoms with Crippen LogP contribution in [0.1, 0.15) is 24.3 Å². The van der Waals surface area contributed by atoms with Crippen LogP contribution in [0.25, 0.3) is 0 Å². The first-order valence-corrected chi connectivity index (χ1v) is 10.7. The number of nitrogens with one attached hydrogen (secondary N) is 1. The van der Waals surface area contributed by atoms with Gasteiger partial charge in [0.25, 0.3) is 5.91 Å². The fourth-order valence-electron chi connectivity index (χ4n) is 2.39. The van der Waals surface area contributed by atoms with Crippen LogP contribution in [0.15, 0.2) is 44.3 Å². The molecule has 0 atom stereocenters. The Hall–Kier alpha value is -1.16. The van der Waals surface area contributed by atoms with E-state index in [0.29, 0.717) is 18.8 Å². The molecule has 2 rings (SSSR count). The average molecular weight is 493 g/mol. The molecular formula is C16H19Br2N3O3S. The van der Waals surface area contributed by atoms with Gasteiger partial charge in [-0.2, -0.15) is 4.31 Å². The molecule has 1 aromatic heterocycles. The van der Waals surface area contributed by atoms with Crippen molar-refractivity contribution in [1.82, 2.24) is 8.87 Å². The van der Waals surface area contributed by atoms with E-state index in [1.165, 1.54) is 21.1 Å². The highest BCUT2D eigenvalue weighted by Crippen LogP contribution is 2.27. The van der Waals surface area contributed by atoms with Crippen LogP contribution in [0.4, 0.5) is 5.69 Å². The maximum absolute atomic E-state index is 12.6. The molecule has 1 N–H and O–H groups in total. The van der Waals surface area contributed by atoms with E-state index in [2.05, 4.69) is 37.2 Å². The quantitative estimate of drug-likeness (QED) is 0.665. The first-order valence-electron chi connectivity index (χ1n) is 7.63. The van der Waals surface area contributed by atoms with Crippen LogP contribution in [0.3, 0.4) is 0 Å². The summed E-state index contributed by atoms with van der Waals surface area (Å²) in [6, 6.07) is 6.77. The molecule has 136 valence electrons. The van der Waals surface area contributed by atoms with Crippen molar-refractivity contribution in [1.29, 1.82) is 0 Å². The van der Waals surface area contributed by atoms with Crippen molar-refractivity contribution in [3.05, 3.63) is 45.1 Å². The summed E-state index contributed by atoms with van der Waals surface area (Å²) in [7, 11) is -1.96. The van der Waals surface area contributed by atoms with Gasteiger partial charge < -0.3 is 9.88 Å². The fourth-order valence-corrected chi connectivity index (χ4v) is 5.07. The topological polar surface area (TPSA) is 71.4 Å². The Morgan fingerprint density at radius 1 is 1.20 bits per heavy atom. The SMILES string of the molecule is CCN(CC)S(=O)(=O)c1cc(C(=O)Nc2ccc(Br)cc2Br)n(C)c1. The fraction of sp³-hybridized carbons (Fsp3) is 0.312. The van der Waals surface area contributed by atoms with Crippen molar-refractivity contribution >= 4 is 53.5 Å². The van der Waals surface area contributed by atoms with Crippen molar-refractivity contribution in [3.8, 4) is 0 Å². The lowest BCUT2D eigenvalue weighted by Gasteiger charge is -2.17. The molecule has 0 aliphatic rings. The summed E-state index contributed by atoms with van der Waals surface area (Å²) < 4.78 is 29.7. The highest BCUT2D eigenvalue weighted by atomic mass is 79.9. The predicted octanol–water partition coefficient (Wildman–Crippen LogP) is 3.83. The van der Waals surface area contributed by atoms with Gasteiger partial charge in [-0.15, -0.1) is 0 Å². The monoisotopic (exact) mass is 491 g/mol. The third-order valence-corrected chi connectivity index (χ3v) is 6.90. The first-order chi connectivity index (χ1) is 11.7. The molecule has 0 unspecified atom stereocenters. The largest absolute Gasteiger partial charge is 0.345 e. The summed E-state index contributed by atoms with van der Waals surface area (Å²) in [5.41, 5.74) is 0.864. The number of rotatable bonds is 6. The second-order valence-electron chi connectivity index (χ2n) is 5.34. The number of anilines is 1. The minimum absolute atomic E-state index is 0.110. The minimum atomic E-state index is -3.61. The van der Waals surface area contributed by atoms with Crippen LogP contribution in [0, 0.1) is 0 Å². The Bertz CT molecular complexity index is 890. The number of carbonyl (C=O) groups is 1. The second-order valence-corrected chi connectivity index (χ2v) is 9.05. The van der Waals surface area contributed by atoms with Crippen LogP contribution in [0.2, 0.25) is 0 Å². The van der Waals surface area contributed by atoms with E-state index in [1.807, 2.05) is 12.1 Å². The normalized spacial score (nSPS) is 11.8. The van der Waals surface area contributed by atoms with Gasteiger partial charge in [0.2, 0.25) is 10.0 Å². The lowest BCUT2D eigenvalue weighted by Crippen LogP contribution is -2.30. The van der Waals surface area contributed by atoms with Gasteiger partial charge in [0.1, 0.15) is 10.6 Å². The number of sulfonamides is 1. The van der Waals surface area contributed by atoms with Crippen LogP contribution in [-0.4, -0.2) is 36.3 Å². The molecule has 1 heterocycles. The number of aromatic nitrogens is 1. The third-order valence-electron chi connectivity index (χ3n) is 3.74. The Labute approximate surface area is 164 Å². The highest BCUT2D eigenvalue weighted by molar-refractivity contribution is 9.11. The molecule has 1 aromatic carbocycles. The van der Waals surface area contributed by atoms with E-state index in [1.54, 1.807) is 27.0 Å². The van der Waals surface area contributed by atoms with Crippen molar-refractivity contribution in [2.45, 2.75) is 18.7 Å². The maximum atomic E-state index is 12.6. The maximum Gasteiger partial charge on any atom is 0.272 e. The molecule has 0 bridgehead atoms. The molecule has 9 heteroatoms. The van der Waals surface area contributed by atoms with Crippen LogP contribution < -0.4 is 5.32 Å². The average Bonchev–Trinajstić information content (AvgIpc) is 2.94. The van der Waals surface area contributed by atoms with E-state index in [0.717, 1.165) is 8.95 Å². The summed E-state index contributed by atoms with van der Waals surface area (Å²) in [6.45, 7) is 4.31. The number of carbonyl (C=O) groups excluding carboxylic acids is 1. The van der Waals surface area contributed by atoms with E-state index < -0.39 is 10.0 Å². The molecule has 1 amide bonds. The Balaban J connectivity index is 2.32. The first kappa shape index (κ1) is 20.2. The Morgan fingerprint density at radius 2 is 1.84 bits per heavy atom. The van der Waals surface area contributed by atoms with Gasteiger partial charge in [-0.05, 0) is 40.2 Å². The summed E-state index contributed by atoms with van der Waals surface area (Å²) in [4.78, 5) is 12.7. The molecule has 0 spiro atoms. The Morgan fingerprint density at radius 3 is 2.40 bits per heavy atom. The van der Waals surface area contributed by atoms with E-state index in [4.69, 9.17) is 0 Å². The number of halogens is 2. The van der Waals surface area contributed by atoms with E-state index in [-0.39, 0.29) is 16.5 Å². The summed E-state index contributed by atoms with van der Waals surface area (Å²) >= 11 is 6.74. The van der Waals surface area contributed by atoms with Gasteiger partial charge in [0, 0.05) is 35.3 Å². The predicted molar refractivity (Wildman–Crippen MR) is 105 cm³/mol. The van der Waals surface area contributed by atoms with Gasteiger partial charge in [-0.3, -0.25) is 4.79 Å². The minimum Gasteiger partial charge on any atom is -0.345 e. The summed E-state index contributed by atoms with van der Waals surface area (Å²) in [6.07, 6.45) is 1.46. The molecule has 0 radical (unpaired) electrons. The summed E-state index contributed by atoms with van der Waals surface area (Å²) in [5.74, 6) is -0.383. The van der Waals surface area contributed by atoms with Crippen molar-refractivity contribution in [2.75, 3.05) is 18.4 Å². The van der Waals surface area contributed by atoms with Crippen LogP contribution in [0.5, 0.6) is 0 Å². The lowest BCUT2D eigenvalue weighted by molar-refractivity contribution is 0.101. The highest BCUT2D eigenvalue weighted by Gasteiger charge is 2.25. The zero-order valence-corrected chi connectivity index (χ0v) is 18.1. The van der Waals surface area contributed by atoms with Crippen molar-refractivity contribution < 1.29 is 13.2 Å². The van der Waals surface area contributed by atoms with E-state index >= 15 is 0 Å². The van der Waals surface area contributed by atoms with Gasteiger partial charge in [0.15, 0.2) is 0 Å². The Kier molecular flexibility index (Phi) is 6.47. The number of nitrogens with zero attached hydrogens (tertiary/aromatic N) is 2. The molecular weight excluding hydrogens is 474 g/mol. The molecule has 0 fully saturated rings. The van der Waals surface area contributed by atoms with E-state index in [9.17, 15) is 13.2 Å². The number of hydrogen-bond donors (Lipinski definition) is 1. The van der Waals surface area contributed by atoms with Crippen molar-refractivity contribution in [2.24, 2.45) is 7.05 Å². The number of hydrogen-bond acceptors (Lipinski definition) is 3. The molecule has 0 aliphatic heterocycles. The second kappa shape index (κ2) is 8.03. The van der Waals surface area contributed by atoms with Crippen LogP contribution in [-0.2, 0) is 17.1 Å².